The van der Waals surface area contributed by atoms with E-state index in [0.717, 1.165) is 11.8 Å². The number of likely N-dealkylation sites (tertiary alicyclic amines) is 1. The molecule has 2 fully saturated rings. The van der Waals surface area contributed by atoms with Crippen LogP contribution in [0.15, 0.2) is 0 Å². The van der Waals surface area contributed by atoms with E-state index in [2.05, 4.69) is 31.0 Å². The minimum absolute atomic E-state index is 0.407. The molecule has 94 valence electrons. The second kappa shape index (κ2) is 5.05. The maximum Gasteiger partial charge on any atom is 0.0280 e. The normalized spacial score (nSPS) is 33.8. The van der Waals surface area contributed by atoms with Crippen LogP contribution in [-0.4, -0.2) is 36.6 Å². The summed E-state index contributed by atoms with van der Waals surface area (Å²) >= 11 is 0. The quantitative estimate of drug-likeness (QED) is 0.792. The lowest BCUT2D eigenvalue weighted by Crippen LogP contribution is -2.49. The number of nitrogens with one attached hydrogen (secondary N) is 1. The average molecular weight is 224 g/mol. The minimum Gasteiger partial charge on any atom is -0.310 e. The van der Waals surface area contributed by atoms with Crippen molar-refractivity contribution in [3.8, 4) is 0 Å². The number of hydrogen-bond donors (Lipinski definition) is 1. The van der Waals surface area contributed by atoms with E-state index in [1.807, 2.05) is 0 Å². The van der Waals surface area contributed by atoms with Gasteiger partial charge in [-0.15, -0.1) is 0 Å². The van der Waals surface area contributed by atoms with E-state index in [1.165, 1.54) is 51.9 Å². The minimum atomic E-state index is 0.407. The SMILES string of the molecule is CC(C)C1CCN(CC2(C)CCCN2)CC1. The predicted molar refractivity (Wildman–Crippen MR) is 69.6 cm³/mol. The van der Waals surface area contributed by atoms with Gasteiger partial charge in [-0.05, 0) is 64.1 Å². The van der Waals surface area contributed by atoms with Crippen LogP contribution in [0.2, 0.25) is 0 Å². The molecule has 2 aliphatic heterocycles. The number of rotatable bonds is 3. The predicted octanol–water partition coefficient (Wildman–Crippen LogP) is 2.50. The summed E-state index contributed by atoms with van der Waals surface area (Å²) in [6.07, 6.45) is 5.54. The van der Waals surface area contributed by atoms with Crippen LogP contribution in [-0.2, 0) is 0 Å². The van der Waals surface area contributed by atoms with Crippen LogP contribution in [0.5, 0.6) is 0 Å². The van der Waals surface area contributed by atoms with Gasteiger partial charge in [0.15, 0.2) is 0 Å². The van der Waals surface area contributed by atoms with Gasteiger partial charge in [-0.3, -0.25) is 0 Å². The molecule has 0 saturated carbocycles. The van der Waals surface area contributed by atoms with Crippen molar-refractivity contribution in [2.24, 2.45) is 11.8 Å². The highest BCUT2D eigenvalue weighted by molar-refractivity contribution is 4.92. The molecule has 0 spiro atoms. The fraction of sp³-hybridized carbons (Fsp3) is 1.00. The molecule has 0 aromatic heterocycles. The summed E-state index contributed by atoms with van der Waals surface area (Å²) in [5, 5.41) is 3.67. The van der Waals surface area contributed by atoms with Gasteiger partial charge in [0, 0.05) is 12.1 Å². The molecule has 0 aliphatic carbocycles. The zero-order valence-corrected chi connectivity index (χ0v) is 11.3. The Bertz CT molecular complexity index is 211. The van der Waals surface area contributed by atoms with Crippen LogP contribution in [0, 0.1) is 11.8 Å². The Hall–Kier alpha value is -0.0800. The third-order valence-corrected chi connectivity index (χ3v) is 4.60. The lowest BCUT2D eigenvalue weighted by atomic mass is 9.86. The lowest BCUT2D eigenvalue weighted by molar-refractivity contribution is 0.128. The molecule has 2 rings (SSSR count). The molecule has 2 heteroatoms. The first-order valence-corrected chi connectivity index (χ1v) is 7.06. The summed E-state index contributed by atoms with van der Waals surface area (Å²) < 4.78 is 0. The number of hydrogen-bond acceptors (Lipinski definition) is 2. The first kappa shape index (κ1) is 12.4. The number of piperidine rings is 1. The zero-order valence-electron chi connectivity index (χ0n) is 11.3. The van der Waals surface area contributed by atoms with Crippen LogP contribution in [0.1, 0.15) is 46.5 Å². The Kier molecular flexibility index (Phi) is 3.91. The molecule has 2 heterocycles. The molecular formula is C14H28N2. The molecule has 0 amide bonds. The van der Waals surface area contributed by atoms with Crippen LogP contribution < -0.4 is 5.32 Å². The number of nitrogens with zero attached hydrogens (tertiary/aromatic N) is 1. The first-order valence-electron chi connectivity index (χ1n) is 7.06. The van der Waals surface area contributed by atoms with E-state index in [4.69, 9.17) is 0 Å². The van der Waals surface area contributed by atoms with Crippen molar-refractivity contribution in [1.82, 2.24) is 10.2 Å². The Morgan fingerprint density at radius 1 is 1.31 bits per heavy atom. The Morgan fingerprint density at radius 2 is 2.00 bits per heavy atom. The molecule has 0 aromatic rings. The molecule has 1 unspecified atom stereocenters. The van der Waals surface area contributed by atoms with Crippen molar-refractivity contribution in [3.05, 3.63) is 0 Å². The summed E-state index contributed by atoms with van der Waals surface area (Å²) in [5.74, 6) is 1.85. The van der Waals surface area contributed by atoms with Gasteiger partial charge in [0.2, 0.25) is 0 Å². The molecule has 1 N–H and O–H groups in total. The second-order valence-electron chi connectivity index (χ2n) is 6.45. The van der Waals surface area contributed by atoms with Crippen molar-refractivity contribution >= 4 is 0 Å². The Balaban J connectivity index is 1.76. The van der Waals surface area contributed by atoms with E-state index in [9.17, 15) is 0 Å². The maximum absolute atomic E-state index is 3.67. The molecule has 2 nitrogen and oxygen atoms in total. The van der Waals surface area contributed by atoms with Gasteiger partial charge in [-0.2, -0.15) is 0 Å². The lowest BCUT2D eigenvalue weighted by Gasteiger charge is -2.38. The van der Waals surface area contributed by atoms with Crippen LogP contribution in [0.25, 0.3) is 0 Å². The highest BCUT2D eigenvalue weighted by atomic mass is 15.2. The smallest absolute Gasteiger partial charge is 0.0280 e. The molecular weight excluding hydrogens is 196 g/mol. The van der Waals surface area contributed by atoms with E-state index >= 15 is 0 Å². The van der Waals surface area contributed by atoms with E-state index in [1.54, 1.807) is 0 Å². The Labute approximate surface area is 101 Å². The Morgan fingerprint density at radius 3 is 2.50 bits per heavy atom. The van der Waals surface area contributed by atoms with Crippen molar-refractivity contribution in [2.45, 2.75) is 52.0 Å². The van der Waals surface area contributed by atoms with E-state index < -0.39 is 0 Å². The standard InChI is InChI=1S/C14H28N2/c1-12(2)13-5-9-16(10-6-13)11-14(3)7-4-8-15-14/h12-13,15H,4-11H2,1-3H3. The zero-order chi connectivity index (χ0) is 11.6. The highest BCUT2D eigenvalue weighted by Gasteiger charge is 2.31. The highest BCUT2D eigenvalue weighted by Crippen LogP contribution is 2.27. The van der Waals surface area contributed by atoms with Crippen molar-refractivity contribution in [3.63, 3.8) is 0 Å². The third-order valence-electron chi connectivity index (χ3n) is 4.60. The average Bonchev–Trinajstić information content (AvgIpc) is 2.65. The second-order valence-corrected chi connectivity index (χ2v) is 6.45. The molecule has 2 aliphatic rings. The third kappa shape index (κ3) is 2.98. The topological polar surface area (TPSA) is 15.3 Å². The largest absolute Gasteiger partial charge is 0.310 e. The van der Waals surface area contributed by atoms with Crippen LogP contribution in [0.3, 0.4) is 0 Å². The van der Waals surface area contributed by atoms with Crippen LogP contribution >= 0.6 is 0 Å². The van der Waals surface area contributed by atoms with Gasteiger partial charge in [0.1, 0.15) is 0 Å². The monoisotopic (exact) mass is 224 g/mol. The fourth-order valence-corrected chi connectivity index (χ4v) is 3.36. The molecule has 2 saturated heterocycles. The molecule has 0 aromatic carbocycles. The van der Waals surface area contributed by atoms with Gasteiger partial charge in [-0.25, -0.2) is 0 Å². The van der Waals surface area contributed by atoms with Gasteiger partial charge in [0.05, 0.1) is 0 Å². The van der Waals surface area contributed by atoms with Gasteiger partial charge >= 0.3 is 0 Å². The van der Waals surface area contributed by atoms with E-state index in [-0.39, 0.29) is 0 Å². The van der Waals surface area contributed by atoms with E-state index in [0.29, 0.717) is 5.54 Å². The summed E-state index contributed by atoms with van der Waals surface area (Å²) in [7, 11) is 0. The van der Waals surface area contributed by atoms with Crippen molar-refractivity contribution < 1.29 is 0 Å². The summed E-state index contributed by atoms with van der Waals surface area (Å²) in [4.78, 5) is 2.68. The van der Waals surface area contributed by atoms with Crippen molar-refractivity contribution in [2.75, 3.05) is 26.2 Å². The van der Waals surface area contributed by atoms with Crippen molar-refractivity contribution in [1.29, 1.82) is 0 Å². The van der Waals surface area contributed by atoms with Gasteiger partial charge < -0.3 is 10.2 Å². The molecule has 1 atom stereocenters. The fourth-order valence-electron chi connectivity index (χ4n) is 3.36. The molecule has 0 bridgehead atoms. The molecule has 0 radical (unpaired) electrons. The summed E-state index contributed by atoms with van der Waals surface area (Å²) in [6.45, 7) is 12.3. The van der Waals surface area contributed by atoms with Gasteiger partial charge in [-0.1, -0.05) is 13.8 Å². The maximum atomic E-state index is 3.67. The summed E-state index contributed by atoms with van der Waals surface area (Å²) in [5.41, 5.74) is 0.407. The molecule has 16 heavy (non-hydrogen) atoms. The van der Waals surface area contributed by atoms with Gasteiger partial charge in [0.25, 0.3) is 0 Å². The first-order chi connectivity index (χ1) is 7.59. The summed E-state index contributed by atoms with van der Waals surface area (Å²) in [6, 6.07) is 0. The van der Waals surface area contributed by atoms with Crippen LogP contribution in [0.4, 0.5) is 0 Å².